The summed E-state index contributed by atoms with van der Waals surface area (Å²) in [6.07, 6.45) is 6.65. The molecule has 0 bridgehead atoms. The second kappa shape index (κ2) is 12.6. The van der Waals surface area contributed by atoms with Gasteiger partial charge in [-0.3, -0.25) is 5.43 Å². The highest BCUT2D eigenvalue weighted by molar-refractivity contribution is 7.99. The smallest absolute Gasteiger partial charge is 0.184 e. The number of hydrogen-bond acceptors (Lipinski definition) is 3. The second-order valence-corrected chi connectivity index (χ2v) is 7.96. The topological polar surface area (TPSA) is 50.4 Å². The van der Waals surface area contributed by atoms with Crippen LogP contribution in [0.5, 0.6) is 0 Å². The number of rotatable bonds is 11. The molecule has 0 radical (unpaired) electrons. The Hall–Kier alpha value is -0.780. The molecule has 3 N–H and O–H groups in total. The fourth-order valence-corrected chi connectivity index (χ4v) is 3.98. The summed E-state index contributed by atoms with van der Waals surface area (Å²) in [7, 11) is 0. The fourth-order valence-electron chi connectivity index (χ4n) is 2.50. The van der Waals surface area contributed by atoms with Crippen LogP contribution in [-0.4, -0.2) is 16.6 Å². The van der Waals surface area contributed by atoms with Gasteiger partial charge in [-0.2, -0.15) is 16.9 Å². The lowest BCUT2D eigenvalue weighted by atomic mass is 10.0. The van der Waals surface area contributed by atoms with Crippen LogP contribution < -0.4 is 11.2 Å². The molecule has 0 amide bonds. The lowest BCUT2D eigenvalue weighted by molar-refractivity contribution is 0.677. The first kappa shape index (κ1) is 21.3. The summed E-state index contributed by atoms with van der Waals surface area (Å²) in [6, 6.07) is 8.06. The Morgan fingerprint density at radius 3 is 2.67 bits per heavy atom. The molecular formula is C18H28ClN3S2. The van der Waals surface area contributed by atoms with E-state index in [9.17, 15) is 0 Å². The first-order valence-electron chi connectivity index (χ1n) is 8.55. The Bertz CT molecular complexity index is 535. The van der Waals surface area contributed by atoms with Crippen LogP contribution in [0.15, 0.2) is 29.4 Å². The van der Waals surface area contributed by atoms with E-state index >= 15 is 0 Å². The molecule has 24 heavy (non-hydrogen) atoms. The minimum atomic E-state index is 0.207. The summed E-state index contributed by atoms with van der Waals surface area (Å²) in [5, 5.41) is 5.76. The third-order valence-electron chi connectivity index (χ3n) is 3.68. The van der Waals surface area contributed by atoms with Gasteiger partial charge in [0.2, 0.25) is 0 Å². The van der Waals surface area contributed by atoms with E-state index in [2.05, 4.69) is 30.4 Å². The molecule has 0 fully saturated rings. The molecule has 0 aliphatic rings. The van der Waals surface area contributed by atoms with Crippen molar-refractivity contribution in [2.75, 3.05) is 5.75 Å². The molecule has 0 aliphatic heterocycles. The summed E-state index contributed by atoms with van der Waals surface area (Å²) < 4.78 is 0. The predicted molar refractivity (Wildman–Crippen MR) is 113 cm³/mol. The number of benzene rings is 1. The maximum Gasteiger partial charge on any atom is 0.184 e. The summed E-state index contributed by atoms with van der Waals surface area (Å²) in [4.78, 5) is 0. The minimum absolute atomic E-state index is 0.207. The quantitative estimate of drug-likeness (QED) is 0.222. The van der Waals surface area contributed by atoms with E-state index in [1.165, 1.54) is 24.8 Å². The third-order valence-corrected chi connectivity index (χ3v) is 5.28. The van der Waals surface area contributed by atoms with E-state index in [0.29, 0.717) is 5.25 Å². The van der Waals surface area contributed by atoms with Crippen molar-refractivity contribution < 1.29 is 0 Å². The molecule has 0 heterocycles. The third kappa shape index (κ3) is 8.36. The molecule has 3 nitrogen and oxygen atoms in total. The van der Waals surface area contributed by atoms with Gasteiger partial charge in [-0.1, -0.05) is 62.9 Å². The molecule has 6 heteroatoms. The van der Waals surface area contributed by atoms with Crippen molar-refractivity contribution in [2.45, 2.75) is 57.6 Å². The maximum absolute atomic E-state index is 6.40. The Kier molecular flexibility index (Phi) is 11.1. The molecule has 1 rings (SSSR count). The van der Waals surface area contributed by atoms with Crippen molar-refractivity contribution in [3.05, 3.63) is 34.9 Å². The van der Waals surface area contributed by atoms with Gasteiger partial charge in [-0.25, -0.2) is 0 Å². The van der Waals surface area contributed by atoms with E-state index in [-0.39, 0.29) is 5.11 Å². The lowest BCUT2D eigenvalue weighted by Crippen LogP contribution is -2.25. The van der Waals surface area contributed by atoms with Crippen molar-refractivity contribution in [1.82, 2.24) is 5.43 Å². The number of hydrazone groups is 1. The molecular weight excluding hydrogens is 358 g/mol. The Morgan fingerprint density at radius 1 is 1.29 bits per heavy atom. The Labute approximate surface area is 160 Å². The molecule has 1 aromatic carbocycles. The first-order chi connectivity index (χ1) is 11.6. The predicted octanol–water partition coefficient (Wildman–Crippen LogP) is 5.68. The van der Waals surface area contributed by atoms with Crippen LogP contribution in [0.4, 0.5) is 0 Å². The van der Waals surface area contributed by atoms with Crippen molar-refractivity contribution in [3.8, 4) is 0 Å². The van der Waals surface area contributed by atoms with Crippen LogP contribution in [0, 0.1) is 0 Å². The standard InChI is InChI=1S/C18H28ClN3S2/c1-3-5-6-7-10-14(21-22-18(20)23)13-17(24-4-2)15-11-8-9-12-16(15)19/h8-9,11-12,17H,3-7,10,13H2,1-2H3,(H3,20,22,23)/b21-14-/t17-/m1/s1. The van der Waals surface area contributed by atoms with Gasteiger partial charge < -0.3 is 5.73 Å². The molecule has 0 saturated carbocycles. The number of nitrogens with one attached hydrogen (secondary N) is 1. The normalized spacial score (nSPS) is 12.9. The van der Waals surface area contributed by atoms with E-state index < -0.39 is 0 Å². The molecule has 134 valence electrons. The largest absolute Gasteiger partial charge is 0.375 e. The summed E-state index contributed by atoms with van der Waals surface area (Å²) in [5.74, 6) is 1.03. The van der Waals surface area contributed by atoms with Gasteiger partial charge in [0.1, 0.15) is 0 Å². The van der Waals surface area contributed by atoms with E-state index in [1.54, 1.807) is 0 Å². The number of unbranched alkanes of at least 4 members (excludes halogenated alkanes) is 3. The highest BCUT2D eigenvalue weighted by Gasteiger charge is 2.17. The van der Waals surface area contributed by atoms with Crippen LogP contribution in [0.3, 0.4) is 0 Å². The van der Waals surface area contributed by atoms with Crippen LogP contribution in [0.1, 0.15) is 63.2 Å². The number of thiocarbonyl (C=S) groups is 1. The number of thioether (sulfide) groups is 1. The van der Waals surface area contributed by atoms with Crippen LogP contribution >= 0.6 is 35.6 Å². The monoisotopic (exact) mass is 385 g/mol. The lowest BCUT2D eigenvalue weighted by Gasteiger charge is -2.19. The van der Waals surface area contributed by atoms with Gasteiger partial charge >= 0.3 is 0 Å². The highest BCUT2D eigenvalue weighted by atomic mass is 35.5. The van der Waals surface area contributed by atoms with Crippen molar-refractivity contribution in [2.24, 2.45) is 10.8 Å². The second-order valence-electron chi connectivity index (χ2n) is 5.63. The van der Waals surface area contributed by atoms with Gasteiger partial charge in [-0.05, 0) is 42.4 Å². The van der Waals surface area contributed by atoms with Crippen LogP contribution in [0.25, 0.3) is 0 Å². The molecule has 0 aromatic heterocycles. The average molecular weight is 386 g/mol. The minimum Gasteiger partial charge on any atom is -0.375 e. The molecule has 1 atom stereocenters. The van der Waals surface area contributed by atoms with Gasteiger partial charge in [0.15, 0.2) is 5.11 Å². The zero-order valence-electron chi connectivity index (χ0n) is 14.6. The van der Waals surface area contributed by atoms with E-state index in [4.69, 9.17) is 29.6 Å². The molecule has 1 aromatic rings. The zero-order valence-corrected chi connectivity index (χ0v) is 16.9. The van der Waals surface area contributed by atoms with Crippen molar-refractivity contribution >= 4 is 46.4 Å². The first-order valence-corrected chi connectivity index (χ1v) is 10.4. The number of halogens is 1. The molecule has 0 saturated heterocycles. The molecule has 0 aliphatic carbocycles. The van der Waals surface area contributed by atoms with Gasteiger partial charge in [0.05, 0.1) is 0 Å². The van der Waals surface area contributed by atoms with Gasteiger partial charge in [0, 0.05) is 22.4 Å². The Balaban J connectivity index is 2.83. The zero-order chi connectivity index (χ0) is 17.8. The average Bonchev–Trinajstić information content (AvgIpc) is 2.56. The summed E-state index contributed by atoms with van der Waals surface area (Å²) in [5.41, 5.74) is 10.6. The van der Waals surface area contributed by atoms with Crippen LogP contribution in [0.2, 0.25) is 5.02 Å². The van der Waals surface area contributed by atoms with E-state index in [1.807, 2.05) is 30.0 Å². The Morgan fingerprint density at radius 2 is 2.04 bits per heavy atom. The molecule has 0 spiro atoms. The van der Waals surface area contributed by atoms with Crippen molar-refractivity contribution in [3.63, 3.8) is 0 Å². The van der Waals surface area contributed by atoms with Crippen molar-refractivity contribution in [1.29, 1.82) is 0 Å². The number of nitrogens with two attached hydrogens (primary N) is 1. The van der Waals surface area contributed by atoms with Crippen LogP contribution in [-0.2, 0) is 0 Å². The highest BCUT2D eigenvalue weighted by Crippen LogP contribution is 2.36. The summed E-state index contributed by atoms with van der Waals surface area (Å²) >= 11 is 13.2. The maximum atomic E-state index is 6.40. The molecule has 0 unspecified atom stereocenters. The fraction of sp³-hybridized carbons (Fsp3) is 0.556. The number of hydrogen-bond donors (Lipinski definition) is 2. The SMILES string of the molecule is CCCCCC/C(C[C@@H](SCC)c1ccccc1Cl)=N/NC(N)=S. The van der Waals surface area contributed by atoms with Gasteiger partial charge in [0.25, 0.3) is 0 Å². The van der Waals surface area contributed by atoms with E-state index in [0.717, 1.165) is 35.7 Å². The summed E-state index contributed by atoms with van der Waals surface area (Å²) in [6.45, 7) is 4.38. The number of nitrogens with zero attached hydrogens (tertiary/aromatic N) is 1. The van der Waals surface area contributed by atoms with Gasteiger partial charge in [-0.15, -0.1) is 0 Å².